The van der Waals surface area contributed by atoms with Crippen molar-refractivity contribution in [2.45, 2.75) is 59.8 Å². The van der Waals surface area contributed by atoms with E-state index in [0.717, 1.165) is 43.5 Å². The average molecular weight is 427 g/mol. The molecule has 31 heavy (non-hydrogen) atoms. The van der Waals surface area contributed by atoms with Crippen LogP contribution >= 0.6 is 0 Å². The minimum atomic E-state index is -0.428. The van der Waals surface area contributed by atoms with Crippen molar-refractivity contribution in [3.8, 4) is 0 Å². The molecular weight excluding hydrogens is 391 g/mol. The maximum absolute atomic E-state index is 15.0. The van der Waals surface area contributed by atoms with Crippen molar-refractivity contribution < 1.29 is 13.9 Å². The first-order valence-corrected chi connectivity index (χ1v) is 11.1. The number of carbonyl (C=O) groups is 1. The molecule has 0 heterocycles. The monoisotopic (exact) mass is 426 g/mol. The van der Waals surface area contributed by atoms with Crippen molar-refractivity contribution in [1.82, 2.24) is 10.6 Å². The first-order valence-electron chi connectivity index (χ1n) is 11.1. The lowest BCUT2D eigenvalue weighted by atomic mass is 9.82. The number of carbonyl (C=O) groups excluding carboxylic acids is 1. The minimum Gasteiger partial charge on any atom is -0.489 e. The van der Waals surface area contributed by atoms with Gasteiger partial charge in [0.1, 0.15) is 5.83 Å². The van der Waals surface area contributed by atoms with Crippen LogP contribution in [0, 0.1) is 16.7 Å². The Morgan fingerprint density at radius 3 is 2.71 bits per heavy atom. The molecule has 3 aliphatic rings. The van der Waals surface area contributed by atoms with E-state index < -0.39 is 5.41 Å². The Morgan fingerprint density at radius 2 is 2.06 bits per heavy atom. The van der Waals surface area contributed by atoms with E-state index in [1.54, 1.807) is 7.11 Å². The quantitative estimate of drug-likeness (QED) is 0.545. The molecule has 3 rings (SSSR count). The van der Waals surface area contributed by atoms with Gasteiger partial charge in [-0.2, -0.15) is 0 Å². The van der Waals surface area contributed by atoms with Gasteiger partial charge in [0, 0.05) is 18.7 Å². The summed E-state index contributed by atoms with van der Waals surface area (Å²) in [6.07, 6.45) is 13.0. The Balaban J connectivity index is 1.73. The number of methoxy groups -OCH3 is 1. The molecule has 168 valence electrons. The molecule has 1 saturated carbocycles. The number of hydrogen-bond donors (Lipinski definition) is 2. The molecule has 4 nitrogen and oxygen atoms in total. The molecule has 0 aromatic rings. The number of amides is 1. The lowest BCUT2D eigenvalue weighted by Gasteiger charge is -2.25. The number of halogens is 1. The van der Waals surface area contributed by atoms with Crippen LogP contribution in [-0.4, -0.2) is 19.6 Å². The van der Waals surface area contributed by atoms with Gasteiger partial charge in [-0.3, -0.25) is 4.79 Å². The molecule has 0 aromatic carbocycles. The molecule has 0 aliphatic heterocycles. The van der Waals surface area contributed by atoms with Gasteiger partial charge in [-0.05, 0) is 67.7 Å². The minimum absolute atomic E-state index is 0.0634. The fraction of sp³-hybridized carbons (Fsp3) is 0.538. The predicted molar refractivity (Wildman–Crippen MR) is 122 cm³/mol. The Bertz CT molecular complexity index is 904. The number of ether oxygens (including phenoxy) is 1. The molecule has 5 heteroatoms. The summed E-state index contributed by atoms with van der Waals surface area (Å²) >= 11 is 0. The van der Waals surface area contributed by atoms with E-state index in [2.05, 4.69) is 37.1 Å². The van der Waals surface area contributed by atoms with Gasteiger partial charge in [-0.25, -0.2) is 4.39 Å². The van der Waals surface area contributed by atoms with Crippen LogP contribution in [-0.2, 0) is 9.53 Å². The Morgan fingerprint density at radius 1 is 1.32 bits per heavy atom. The van der Waals surface area contributed by atoms with E-state index >= 15 is 4.39 Å². The molecule has 1 fully saturated rings. The highest BCUT2D eigenvalue weighted by Gasteiger charge is 2.54. The van der Waals surface area contributed by atoms with Crippen LogP contribution in [0.1, 0.15) is 59.8 Å². The van der Waals surface area contributed by atoms with E-state index in [-0.39, 0.29) is 23.1 Å². The normalized spacial score (nSPS) is 24.1. The number of allylic oxidation sites excluding steroid dienone is 6. The maximum atomic E-state index is 15.0. The molecule has 0 bridgehead atoms. The van der Waals surface area contributed by atoms with Crippen LogP contribution in [0.4, 0.5) is 4.39 Å². The predicted octanol–water partition coefficient (Wildman–Crippen LogP) is 5.59. The Labute approximate surface area is 185 Å². The van der Waals surface area contributed by atoms with Gasteiger partial charge in [0.2, 0.25) is 5.91 Å². The summed E-state index contributed by atoms with van der Waals surface area (Å²) in [4.78, 5) is 13.2. The summed E-state index contributed by atoms with van der Waals surface area (Å²) in [5, 5.41) is 6.28. The van der Waals surface area contributed by atoms with Crippen LogP contribution in [0.2, 0.25) is 0 Å². The molecule has 0 spiro atoms. The fourth-order valence-corrected chi connectivity index (χ4v) is 4.03. The van der Waals surface area contributed by atoms with Crippen molar-refractivity contribution >= 4 is 5.91 Å². The van der Waals surface area contributed by atoms with Crippen LogP contribution in [0.5, 0.6) is 0 Å². The third kappa shape index (κ3) is 5.80. The largest absolute Gasteiger partial charge is 0.489 e. The molecule has 0 radical (unpaired) electrons. The molecule has 0 saturated heterocycles. The highest BCUT2D eigenvalue weighted by molar-refractivity contribution is 5.87. The van der Waals surface area contributed by atoms with Gasteiger partial charge in [0.15, 0.2) is 5.76 Å². The van der Waals surface area contributed by atoms with Crippen LogP contribution in [0.15, 0.2) is 64.7 Å². The molecule has 1 amide bonds. The molecule has 2 N–H and O–H groups in total. The van der Waals surface area contributed by atoms with E-state index in [0.29, 0.717) is 17.9 Å². The smallest absolute Gasteiger partial charge is 0.230 e. The lowest BCUT2D eigenvalue weighted by molar-refractivity contribution is -0.127. The zero-order valence-corrected chi connectivity index (χ0v) is 19.4. The standard InChI is InChI=1S/C26H35FN2O2/c1-18-12-13-22(21(27)16-23(18)28-17-25(2,3)4)29-24(30)26(14-15-26)19-8-6-10-20(31-5)11-7-9-19/h6-7,10,12,16,19,28H,8-9,13-15,17H2,1-5H3,(H,29,30)/b10-6-. The van der Waals surface area contributed by atoms with Crippen molar-refractivity contribution in [2.75, 3.05) is 13.7 Å². The molecule has 1 atom stereocenters. The lowest BCUT2D eigenvalue weighted by Crippen LogP contribution is -2.36. The number of nitrogens with one attached hydrogen (secondary N) is 2. The number of rotatable bonds is 6. The summed E-state index contributed by atoms with van der Waals surface area (Å²) < 4.78 is 20.3. The summed E-state index contributed by atoms with van der Waals surface area (Å²) in [5.41, 5.74) is 4.89. The third-order valence-electron chi connectivity index (χ3n) is 6.25. The van der Waals surface area contributed by atoms with Crippen LogP contribution in [0.3, 0.4) is 0 Å². The number of hydrogen-bond acceptors (Lipinski definition) is 3. The first-order chi connectivity index (χ1) is 14.6. The Kier molecular flexibility index (Phi) is 6.96. The van der Waals surface area contributed by atoms with Crippen molar-refractivity contribution in [1.29, 1.82) is 0 Å². The highest BCUT2D eigenvalue weighted by Crippen LogP contribution is 2.55. The SMILES string of the molecule is COC1=C=CCC(C2(C(=O)NC3=C(F)C=C(NCC(C)(C)C)C(C)=CC3)CC2)C/C=C\1. The summed E-state index contributed by atoms with van der Waals surface area (Å²) in [6, 6.07) is 0. The van der Waals surface area contributed by atoms with Gasteiger partial charge in [-0.15, -0.1) is 0 Å². The second kappa shape index (κ2) is 9.32. The van der Waals surface area contributed by atoms with E-state index in [4.69, 9.17) is 4.74 Å². The topological polar surface area (TPSA) is 50.4 Å². The second-order valence-corrected chi connectivity index (χ2v) is 9.99. The van der Waals surface area contributed by atoms with Gasteiger partial charge < -0.3 is 15.4 Å². The highest BCUT2D eigenvalue weighted by atomic mass is 19.1. The average Bonchev–Trinajstić information content (AvgIpc) is 3.49. The molecule has 3 aliphatic carbocycles. The summed E-state index contributed by atoms with van der Waals surface area (Å²) in [6.45, 7) is 9.11. The zero-order valence-electron chi connectivity index (χ0n) is 19.4. The van der Waals surface area contributed by atoms with Gasteiger partial charge in [0.05, 0.1) is 18.2 Å². The summed E-state index contributed by atoms with van der Waals surface area (Å²) in [7, 11) is 1.62. The molecule has 1 unspecified atom stereocenters. The maximum Gasteiger partial charge on any atom is 0.230 e. The second-order valence-electron chi connectivity index (χ2n) is 9.99. The fourth-order valence-electron chi connectivity index (χ4n) is 4.03. The summed E-state index contributed by atoms with van der Waals surface area (Å²) in [5.74, 6) is 0.439. The molecule has 0 aromatic heterocycles. The Hall–Kier alpha value is -2.52. The van der Waals surface area contributed by atoms with Gasteiger partial charge in [-0.1, -0.05) is 38.7 Å². The third-order valence-corrected chi connectivity index (χ3v) is 6.25. The van der Waals surface area contributed by atoms with Gasteiger partial charge in [0.25, 0.3) is 0 Å². The van der Waals surface area contributed by atoms with Crippen molar-refractivity contribution in [3.05, 3.63) is 64.7 Å². The van der Waals surface area contributed by atoms with Crippen LogP contribution in [0.25, 0.3) is 0 Å². The van der Waals surface area contributed by atoms with Gasteiger partial charge >= 0.3 is 0 Å². The first kappa shape index (κ1) is 23.1. The van der Waals surface area contributed by atoms with Crippen LogP contribution < -0.4 is 10.6 Å². The van der Waals surface area contributed by atoms with E-state index in [1.807, 2.05) is 31.2 Å². The van der Waals surface area contributed by atoms with E-state index in [1.165, 1.54) is 6.08 Å². The van der Waals surface area contributed by atoms with Crippen molar-refractivity contribution in [2.24, 2.45) is 16.7 Å². The van der Waals surface area contributed by atoms with E-state index in [9.17, 15) is 4.79 Å². The molecular formula is C26H35FN2O2. The van der Waals surface area contributed by atoms with Crippen molar-refractivity contribution in [3.63, 3.8) is 0 Å². The zero-order chi connectivity index (χ0) is 22.6.